The zero-order chi connectivity index (χ0) is 27.9. The minimum Gasteiger partial charge on any atom is -0.486 e. The normalized spacial score (nSPS) is 13.5. The highest BCUT2D eigenvalue weighted by molar-refractivity contribution is 7.92. The molecule has 0 saturated carbocycles. The molecule has 12 heteroatoms. The summed E-state index contributed by atoms with van der Waals surface area (Å²) in [6, 6.07) is 8.69. The number of halogens is 2. The van der Waals surface area contributed by atoms with Crippen LogP contribution in [-0.4, -0.2) is 63.2 Å². The zero-order valence-electron chi connectivity index (χ0n) is 21.7. The van der Waals surface area contributed by atoms with Gasteiger partial charge in [0.1, 0.15) is 25.8 Å². The van der Waals surface area contributed by atoms with Gasteiger partial charge in [0.2, 0.25) is 21.8 Å². The number of sulfonamides is 1. The van der Waals surface area contributed by atoms with Crippen LogP contribution >= 0.6 is 23.2 Å². The van der Waals surface area contributed by atoms with Crippen LogP contribution in [0.1, 0.15) is 39.2 Å². The number of amides is 2. The van der Waals surface area contributed by atoms with Gasteiger partial charge >= 0.3 is 0 Å². The third-order valence-corrected chi connectivity index (χ3v) is 8.47. The van der Waals surface area contributed by atoms with Gasteiger partial charge in [0, 0.05) is 29.2 Å². The lowest BCUT2D eigenvalue weighted by molar-refractivity contribution is -0.139. The quantitative estimate of drug-likeness (QED) is 0.373. The van der Waals surface area contributed by atoms with Crippen LogP contribution in [0.2, 0.25) is 10.0 Å². The second-order valence-corrected chi connectivity index (χ2v) is 11.8. The van der Waals surface area contributed by atoms with Gasteiger partial charge in [0.25, 0.3) is 0 Å². The summed E-state index contributed by atoms with van der Waals surface area (Å²) in [6.45, 7) is 5.77. The summed E-state index contributed by atoms with van der Waals surface area (Å²) in [5.41, 5.74) is 0.829. The Morgan fingerprint density at radius 2 is 1.76 bits per heavy atom. The Bertz CT molecular complexity index is 1260. The maximum Gasteiger partial charge on any atom is 0.244 e. The van der Waals surface area contributed by atoms with E-state index in [2.05, 4.69) is 5.32 Å². The highest BCUT2D eigenvalue weighted by Crippen LogP contribution is 2.35. The molecular formula is C26H33Cl2N3O6S. The summed E-state index contributed by atoms with van der Waals surface area (Å²) in [7, 11) is -3.87. The van der Waals surface area contributed by atoms with Gasteiger partial charge in [-0.3, -0.25) is 13.9 Å². The van der Waals surface area contributed by atoms with E-state index in [1.807, 2.05) is 6.92 Å². The SMILES string of the molecule is CCCCNC(=O)[C@H](C)N(Cc1ccc(Cl)cc1Cl)C(=O)CN(c1ccc2c(c1)OCCO2)S(=O)(=O)CC. The molecule has 2 amide bonds. The first kappa shape index (κ1) is 29.9. The van der Waals surface area contributed by atoms with Gasteiger partial charge in [0.05, 0.1) is 11.4 Å². The second kappa shape index (κ2) is 13.4. The number of ether oxygens (including phenoxy) is 2. The number of rotatable bonds is 12. The average molecular weight is 587 g/mol. The van der Waals surface area contributed by atoms with Crippen LogP contribution in [0.4, 0.5) is 5.69 Å². The standard InChI is InChI=1S/C26H33Cl2N3O6S/c1-4-6-11-29-26(33)18(3)30(16-19-7-8-20(27)14-22(19)28)25(32)17-31(38(34,35)5-2)21-9-10-23-24(15-21)37-13-12-36-23/h7-10,14-15,18H,4-6,11-13,16-17H2,1-3H3,(H,29,33)/t18-/m0/s1. The molecular weight excluding hydrogens is 553 g/mol. The van der Waals surface area contributed by atoms with Crippen molar-refractivity contribution in [2.24, 2.45) is 0 Å². The van der Waals surface area contributed by atoms with Gasteiger partial charge in [-0.2, -0.15) is 0 Å². The van der Waals surface area contributed by atoms with Crippen molar-refractivity contribution in [1.82, 2.24) is 10.2 Å². The van der Waals surface area contributed by atoms with Crippen LogP contribution in [0, 0.1) is 0 Å². The molecule has 1 aliphatic rings. The topological polar surface area (TPSA) is 105 Å². The predicted octanol–water partition coefficient (Wildman–Crippen LogP) is 4.25. The molecule has 3 rings (SSSR count). The van der Waals surface area contributed by atoms with E-state index in [4.69, 9.17) is 32.7 Å². The third kappa shape index (κ3) is 7.45. The Morgan fingerprint density at radius 3 is 2.42 bits per heavy atom. The Kier molecular flexibility index (Phi) is 10.5. The Labute approximate surface area is 234 Å². The monoisotopic (exact) mass is 585 g/mol. The summed E-state index contributed by atoms with van der Waals surface area (Å²) in [4.78, 5) is 28.0. The summed E-state index contributed by atoms with van der Waals surface area (Å²) in [5.74, 6) is -0.255. The number of carbonyl (C=O) groups excluding carboxylic acids is 2. The number of fused-ring (bicyclic) bond motifs is 1. The molecule has 0 aliphatic carbocycles. The van der Waals surface area contributed by atoms with Crippen molar-refractivity contribution in [3.05, 3.63) is 52.0 Å². The number of nitrogens with zero attached hydrogens (tertiary/aromatic N) is 2. The molecule has 0 unspecified atom stereocenters. The zero-order valence-corrected chi connectivity index (χ0v) is 24.0. The molecule has 1 aliphatic heterocycles. The second-order valence-electron chi connectivity index (χ2n) is 8.81. The van der Waals surface area contributed by atoms with E-state index in [1.54, 1.807) is 37.3 Å². The average Bonchev–Trinajstić information content (AvgIpc) is 2.90. The molecule has 0 saturated heterocycles. The van der Waals surface area contributed by atoms with Crippen LogP contribution in [0.25, 0.3) is 0 Å². The van der Waals surface area contributed by atoms with Crippen molar-refractivity contribution in [2.45, 2.75) is 46.2 Å². The van der Waals surface area contributed by atoms with E-state index in [1.165, 1.54) is 17.9 Å². The van der Waals surface area contributed by atoms with Gasteiger partial charge in [-0.15, -0.1) is 0 Å². The van der Waals surface area contributed by atoms with E-state index >= 15 is 0 Å². The summed E-state index contributed by atoms with van der Waals surface area (Å²) in [6.07, 6.45) is 1.69. The first-order valence-electron chi connectivity index (χ1n) is 12.5. The summed E-state index contributed by atoms with van der Waals surface area (Å²) < 4.78 is 38.4. The number of nitrogens with one attached hydrogen (secondary N) is 1. The van der Waals surface area contributed by atoms with Gasteiger partial charge in [0.15, 0.2) is 11.5 Å². The lowest BCUT2D eigenvalue weighted by atomic mass is 10.1. The molecule has 0 spiro atoms. The largest absolute Gasteiger partial charge is 0.486 e. The van der Waals surface area contributed by atoms with Crippen molar-refractivity contribution in [1.29, 1.82) is 0 Å². The Balaban J connectivity index is 1.94. The maximum atomic E-state index is 13.8. The fraction of sp³-hybridized carbons (Fsp3) is 0.462. The molecule has 0 radical (unpaired) electrons. The van der Waals surface area contributed by atoms with Crippen LogP contribution in [-0.2, 0) is 26.2 Å². The van der Waals surface area contributed by atoms with Gasteiger partial charge < -0.3 is 19.7 Å². The van der Waals surface area contributed by atoms with Crippen molar-refractivity contribution in [3.8, 4) is 11.5 Å². The first-order valence-corrected chi connectivity index (χ1v) is 14.8. The van der Waals surface area contributed by atoms with E-state index in [0.717, 1.165) is 17.1 Å². The lowest BCUT2D eigenvalue weighted by Gasteiger charge is -2.32. The number of hydrogen-bond donors (Lipinski definition) is 1. The lowest BCUT2D eigenvalue weighted by Crippen LogP contribution is -2.51. The molecule has 1 atom stereocenters. The van der Waals surface area contributed by atoms with Crippen LogP contribution in [0.3, 0.4) is 0 Å². The van der Waals surface area contributed by atoms with Crippen molar-refractivity contribution >= 4 is 50.7 Å². The van der Waals surface area contributed by atoms with Crippen LogP contribution in [0.15, 0.2) is 36.4 Å². The highest BCUT2D eigenvalue weighted by Gasteiger charge is 2.32. The third-order valence-electron chi connectivity index (χ3n) is 6.15. The maximum absolute atomic E-state index is 13.8. The molecule has 2 aromatic rings. The minimum absolute atomic E-state index is 0.0155. The predicted molar refractivity (Wildman–Crippen MR) is 149 cm³/mol. The van der Waals surface area contributed by atoms with Crippen LogP contribution in [0.5, 0.6) is 11.5 Å². The fourth-order valence-corrected chi connectivity index (χ4v) is 5.38. The number of benzene rings is 2. The Morgan fingerprint density at radius 1 is 1.05 bits per heavy atom. The molecule has 38 heavy (non-hydrogen) atoms. The fourth-order valence-electron chi connectivity index (χ4n) is 3.86. The number of hydrogen-bond acceptors (Lipinski definition) is 6. The number of anilines is 1. The minimum atomic E-state index is -3.87. The molecule has 0 aromatic heterocycles. The molecule has 208 valence electrons. The molecule has 0 fully saturated rings. The summed E-state index contributed by atoms with van der Waals surface area (Å²) >= 11 is 12.4. The van der Waals surface area contributed by atoms with E-state index in [0.29, 0.717) is 46.9 Å². The number of unbranched alkanes of at least 4 members (excludes halogenated alkanes) is 1. The van der Waals surface area contributed by atoms with Crippen molar-refractivity contribution < 1.29 is 27.5 Å². The van der Waals surface area contributed by atoms with E-state index < -0.39 is 28.5 Å². The van der Waals surface area contributed by atoms with Gasteiger partial charge in [-0.05, 0) is 50.1 Å². The smallest absolute Gasteiger partial charge is 0.244 e. The molecule has 1 heterocycles. The molecule has 0 bridgehead atoms. The molecule has 1 N–H and O–H groups in total. The molecule has 2 aromatic carbocycles. The van der Waals surface area contributed by atoms with E-state index in [9.17, 15) is 18.0 Å². The summed E-state index contributed by atoms with van der Waals surface area (Å²) in [5, 5.41) is 3.60. The van der Waals surface area contributed by atoms with Gasteiger partial charge in [-0.25, -0.2) is 8.42 Å². The van der Waals surface area contributed by atoms with Crippen molar-refractivity contribution in [2.75, 3.05) is 36.4 Å². The Hall–Kier alpha value is -2.69. The van der Waals surface area contributed by atoms with Gasteiger partial charge in [-0.1, -0.05) is 42.6 Å². The van der Waals surface area contributed by atoms with Crippen LogP contribution < -0.4 is 19.1 Å². The number of carbonyl (C=O) groups is 2. The molecule has 9 nitrogen and oxygen atoms in total. The highest BCUT2D eigenvalue weighted by atomic mass is 35.5. The first-order chi connectivity index (χ1) is 18.1. The van der Waals surface area contributed by atoms with Crippen molar-refractivity contribution in [3.63, 3.8) is 0 Å². The van der Waals surface area contributed by atoms with E-state index in [-0.39, 0.29) is 23.9 Å².